The van der Waals surface area contributed by atoms with E-state index in [9.17, 15) is 9.59 Å². The smallest absolute Gasteiger partial charge is 0.276 e. The molecule has 2 aromatic carbocycles. The van der Waals surface area contributed by atoms with E-state index in [0.717, 1.165) is 0 Å². The van der Waals surface area contributed by atoms with Crippen molar-refractivity contribution in [1.82, 2.24) is 10.4 Å². The van der Waals surface area contributed by atoms with Crippen LogP contribution in [0.1, 0.15) is 22.3 Å². The van der Waals surface area contributed by atoms with E-state index in [-0.39, 0.29) is 6.61 Å². The maximum absolute atomic E-state index is 13.0. The van der Waals surface area contributed by atoms with E-state index in [1.54, 1.807) is 54.6 Å². The number of carbonyl (C=O) groups is 2. The van der Waals surface area contributed by atoms with E-state index in [2.05, 4.69) is 10.7 Å². The number of halogens is 1. The average molecular weight is 398 g/mol. The maximum Gasteiger partial charge on any atom is 0.276 e. The number of carbonyl (C=O) groups excluding carboxylic acids is 2. The van der Waals surface area contributed by atoms with E-state index in [1.165, 1.54) is 11.3 Å². The quantitative estimate of drug-likeness (QED) is 0.687. The highest BCUT2D eigenvalue weighted by Crippen LogP contribution is 2.33. The molecule has 1 atom stereocenters. The molecule has 1 unspecified atom stereocenters. The number of rotatable bonds is 5. The normalized spacial score (nSPS) is 15.5. The van der Waals surface area contributed by atoms with Crippen LogP contribution < -0.4 is 15.5 Å². The Balaban J connectivity index is 1.55. The van der Waals surface area contributed by atoms with E-state index in [0.29, 0.717) is 27.8 Å². The molecule has 7 nitrogen and oxygen atoms in total. The van der Waals surface area contributed by atoms with Gasteiger partial charge in [-0.25, -0.2) is 5.01 Å². The van der Waals surface area contributed by atoms with E-state index < -0.39 is 18.0 Å². The summed E-state index contributed by atoms with van der Waals surface area (Å²) in [6.07, 6.45) is 0.786. The minimum Gasteiger partial charge on any atom is -0.484 e. The first-order valence-electron chi connectivity index (χ1n) is 8.52. The zero-order chi connectivity index (χ0) is 19.5. The number of fused-ring (bicyclic) bond motifs is 1. The van der Waals surface area contributed by atoms with Crippen molar-refractivity contribution >= 4 is 29.1 Å². The van der Waals surface area contributed by atoms with Crippen LogP contribution in [0.4, 0.5) is 5.69 Å². The number of nitrogens with zero attached hydrogens (tertiary/aromatic N) is 1. The van der Waals surface area contributed by atoms with Crippen LogP contribution in [-0.4, -0.2) is 23.4 Å². The topological polar surface area (TPSA) is 83.8 Å². The summed E-state index contributed by atoms with van der Waals surface area (Å²) in [5.74, 6) is 0.130. The Labute approximate surface area is 165 Å². The Hall–Kier alpha value is -3.45. The van der Waals surface area contributed by atoms with Gasteiger partial charge in [0.15, 0.2) is 12.8 Å². The van der Waals surface area contributed by atoms with Gasteiger partial charge in [0.2, 0.25) is 0 Å². The van der Waals surface area contributed by atoms with Crippen LogP contribution in [0.15, 0.2) is 71.3 Å². The van der Waals surface area contributed by atoms with Crippen LogP contribution in [0.5, 0.6) is 5.75 Å². The molecule has 1 aliphatic rings. The molecule has 0 saturated heterocycles. The molecular weight excluding hydrogens is 382 g/mol. The summed E-state index contributed by atoms with van der Waals surface area (Å²) in [6.45, 7) is -0.249. The van der Waals surface area contributed by atoms with Gasteiger partial charge in [-0.05, 0) is 42.5 Å². The lowest BCUT2D eigenvalue weighted by Gasteiger charge is -2.36. The standard InChI is InChI=1S/C20H16ClN3O4/c21-13-8-9-16-15(11-13)20(26)24(19(22-16)17-7-4-10-27-17)23-18(25)12-28-14-5-2-1-3-6-14/h1-11,19,22H,12H2,(H,23,25). The van der Waals surface area contributed by atoms with Crippen LogP contribution in [0, 0.1) is 0 Å². The highest BCUT2D eigenvalue weighted by Gasteiger charge is 2.36. The molecule has 3 aromatic rings. The minimum absolute atomic E-state index is 0.249. The first-order chi connectivity index (χ1) is 13.6. The molecule has 28 heavy (non-hydrogen) atoms. The Morgan fingerprint density at radius 2 is 2.00 bits per heavy atom. The number of benzene rings is 2. The van der Waals surface area contributed by atoms with Crippen LogP contribution in [0.2, 0.25) is 5.02 Å². The van der Waals surface area contributed by atoms with Crippen molar-refractivity contribution in [1.29, 1.82) is 0 Å². The number of hydrogen-bond donors (Lipinski definition) is 2. The molecule has 0 aliphatic carbocycles. The fourth-order valence-corrected chi connectivity index (χ4v) is 3.04. The van der Waals surface area contributed by atoms with E-state index in [4.69, 9.17) is 20.8 Å². The van der Waals surface area contributed by atoms with Crippen LogP contribution in [-0.2, 0) is 4.79 Å². The first-order valence-corrected chi connectivity index (χ1v) is 8.90. The van der Waals surface area contributed by atoms with Crippen molar-refractivity contribution < 1.29 is 18.7 Å². The second-order valence-electron chi connectivity index (χ2n) is 6.06. The summed E-state index contributed by atoms with van der Waals surface area (Å²) in [6, 6.07) is 17.3. The van der Waals surface area contributed by atoms with Gasteiger partial charge in [0, 0.05) is 10.7 Å². The average Bonchev–Trinajstić information content (AvgIpc) is 3.24. The number of hydrogen-bond acceptors (Lipinski definition) is 5. The van der Waals surface area contributed by atoms with E-state index in [1.807, 2.05) is 6.07 Å². The number of anilines is 1. The number of para-hydroxylation sites is 1. The predicted molar refractivity (Wildman–Crippen MR) is 103 cm³/mol. The Morgan fingerprint density at radius 3 is 2.75 bits per heavy atom. The lowest BCUT2D eigenvalue weighted by molar-refractivity contribution is -0.127. The zero-order valence-electron chi connectivity index (χ0n) is 14.6. The Bertz CT molecular complexity index is 992. The molecule has 2 heterocycles. The van der Waals surface area contributed by atoms with Crippen molar-refractivity contribution in [3.63, 3.8) is 0 Å². The van der Waals surface area contributed by atoms with Gasteiger partial charge in [-0.2, -0.15) is 0 Å². The number of hydrazine groups is 1. The molecule has 142 valence electrons. The number of amides is 2. The van der Waals surface area contributed by atoms with Gasteiger partial charge < -0.3 is 14.5 Å². The summed E-state index contributed by atoms with van der Waals surface area (Å²) >= 11 is 6.02. The fourth-order valence-electron chi connectivity index (χ4n) is 2.87. The molecule has 2 N–H and O–H groups in total. The molecule has 0 radical (unpaired) electrons. The third kappa shape index (κ3) is 3.65. The molecule has 1 aliphatic heterocycles. The predicted octanol–water partition coefficient (Wildman–Crippen LogP) is 3.61. The van der Waals surface area contributed by atoms with Crippen molar-refractivity contribution in [2.24, 2.45) is 0 Å². The maximum atomic E-state index is 13.0. The van der Waals surface area contributed by atoms with Crippen molar-refractivity contribution in [3.8, 4) is 5.75 Å². The second-order valence-corrected chi connectivity index (χ2v) is 6.50. The monoisotopic (exact) mass is 397 g/mol. The summed E-state index contributed by atoms with van der Waals surface area (Å²) < 4.78 is 10.9. The third-order valence-corrected chi connectivity index (χ3v) is 4.39. The molecule has 0 saturated carbocycles. The van der Waals surface area contributed by atoms with Gasteiger partial charge in [-0.1, -0.05) is 29.8 Å². The second kappa shape index (κ2) is 7.66. The fraction of sp³-hybridized carbons (Fsp3) is 0.100. The Kier molecular flexibility index (Phi) is 4.90. The van der Waals surface area contributed by atoms with Crippen molar-refractivity contribution in [3.05, 3.63) is 83.3 Å². The Morgan fingerprint density at radius 1 is 1.18 bits per heavy atom. The highest BCUT2D eigenvalue weighted by molar-refractivity contribution is 6.31. The molecule has 4 rings (SSSR count). The largest absolute Gasteiger partial charge is 0.484 e. The van der Waals surface area contributed by atoms with Crippen molar-refractivity contribution in [2.75, 3.05) is 11.9 Å². The molecule has 0 fully saturated rings. The van der Waals surface area contributed by atoms with Crippen LogP contribution in [0.25, 0.3) is 0 Å². The molecule has 1 aromatic heterocycles. The van der Waals surface area contributed by atoms with Gasteiger partial charge in [0.25, 0.3) is 11.8 Å². The first kappa shape index (κ1) is 17.9. The third-order valence-electron chi connectivity index (χ3n) is 4.15. The SMILES string of the molecule is O=C(COc1ccccc1)NN1C(=O)c2cc(Cl)ccc2NC1c1ccco1. The lowest BCUT2D eigenvalue weighted by Crippen LogP contribution is -2.53. The van der Waals surface area contributed by atoms with Crippen molar-refractivity contribution in [2.45, 2.75) is 6.17 Å². The summed E-state index contributed by atoms with van der Waals surface area (Å²) in [4.78, 5) is 25.4. The van der Waals surface area contributed by atoms with Gasteiger partial charge in [0.05, 0.1) is 11.8 Å². The molecule has 8 heteroatoms. The van der Waals surface area contributed by atoms with E-state index >= 15 is 0 Å². The molecule has 0 spiro atoms. The number of ether oxygens (including phenoxy) is 1. The number of nitrogens with one attached hydrogen (secondary N) is 2. The van der Waals surface area contributed by atoms with Gasteiger partial charge in [0.1, 0.15) is 11.5 Å². The van der Waals surface area contributed by atoms with Gasteiger partial charge >= 0.3 is 0 Å². The summed E-state index contributed by atoms with van der Waals surface area (Å²) in [7, 11) is 0. The van der Waals surface area contributed by atoms with Crippen LogP contribution >= 0.6 is 11.6 Å². The molecular formula is C20H16ClN3O4. The molecule has 2 amide bonds. The molecule has 0 bridgehead atoms. The summed E-state index contributed by atoms with van der Waals surface area (Å²) in [5.41, 5.74) is 3.54. The van der Waals surface area contributed by atoms with Gasteiger partial charge in [-0.3, -0.25) is 15.0 Å². The minimum atomic E-state index is -0.711. The number of furan rings is 1. The van der Waals surface area contributed by atoms with Gasteiger partial charge in [-0.15, -0.1) is 0 Å². The van der Waals surface area contributed by atoms with Crippen LogP contribution in [0.3, 0.4) is 0 Å². The highest BCUT2D eigenvalue weighted by atomic mass is 35.5. The lowest BCUT2D eigenvalue weighted by atomic mass is 10.1. The summed E-state index contributed by atoms with van der Waals surface area (Å²) in [5, 5.41) is 4.78. The zero-order valence-corrected chi connectivity index (χ0v) is 15.3.